The molecule has 1 saturated carbocycles. The second-order valence-electron chi connectivity index (χ2n) is 6.83. The van der Waals surface area contributed by atoms with E-state index in [9.17, 15) is 4.79 Å². The number of carbonyl (C=O) groups excluding carboxylic acids is 1. The van der Waals surface area contributed by atoms with Crippen LogP contribution in [0, 0.1) is 0 Å². The number of carbonyl (C=O) groups is 1. The summed E-state index contributed by atoms with van der Waals surface area (Å²) < 4.78 is 6.03. The molecule has 4 rings (SSSR count). The van der Waals surface area contributed by atoms with Crippen molar-refractivity contribution in [2.45, 2.75) is 38.2 Å². The minimum atomic E-state index is 0.104. The summed E-state index contributed by atoms with van der Waals surface area (Å²) in [6.07, 6.45) is 6.09. The first-order valence-corrected chi connectivity index (χ1v) is 9.18. The number of fused-ring (bicyclic) bond motifs is 1. The number of hydrogen-bond acceptors (Lipinski definition) is 3. The first-order chi connectivity index (χ1) is 12.3. The van der Waals surface area contributed by atoms with Crippen molar-refractivity contribution in [1.82, 2.24) is 0 Å². The lowest BCUT2D eigenvalue weighted by atomic mass is 10.2. The predicted octanol–water partition coefficient (Wildman–Crippen LogP) is 4.01. The molecule has 0 bridgehead atoms. The molecule has 2 aromatic carbocycles. The summed E-state index contributed by atoms with van der Waals surface area (Å²) in [5, 5.41) is 3.25. The van der Waals surface area contributed by atoms with E-state index in [1.165, 1.54) is 18.4 Å². The molecule has 0 aromatic heterocycles. The van der Waals surface area contributed by atoms with E-state index in [4.69, 9.17) is 4.74 Å². The summed E-state index contributed by atoms with van der Waals surface area (Å²) >= 11 is 0. The number of anilines is 2. The van der Waals surface area contributed by atoms with Crippen molar-refractivity contribution in [2.24, 2.45) is 0 Å². The van der Waals surface area contributed by atoms with Crippen LogP contribution in [-0.4, -0.2) is 25.1 Å². The molecule has 4 nitrogen and oxygen atoms in total. The van der Waals surface area contributed by atoms with E-state index in [1.54, 1.807) is 0 Å². The van der Waals surface area contributed by atoms with Crippen molar-refractivity contribution in [1.29, 1.82) is 0 Å². The zero-order valence-corrected chi connectivity index (χ0v) is 14.4. The number of ether oxygens (including phenoxy) is 1. The van der Waals surface area contributed by atoms with Crippen molar-refractivity contribution in [3.63, 3.8) is 0 Å². The van der Waals surface area contributed by atoms with Crippen LogP contribution >= 0.6 is 0 Å². The molecule has 1 fully saturated rings. The van der Waals surface area contributed by atoms with Gasteiger partial charge in [-0.1, -0.05) is 24.3 Å². The minimum Gasteiger partial charge on any atom is -0.490 e. The third-order valence-corrected chi connectivity index (χ3v) is 5.07. The molecular weight excluding hydrogens is 312 g/mol. The highest BCUT2D eigenvalue weighted by atomic mass is 16.5. The fourth-order valence-corrected chi connectivity index (χ4v) is 3.75. The molecule has 0 spiro atoms. The smallest absolute Gasteiger partial charge is 0.246 e. The van der Waals surface area contributed by atoms with E-state index in [2.05, 4.69) is 11.4 Å². The SMILES string of the molecule is O=C(CNc1cccc(OC2CCCC2)c1)N1CCc2ccccc21. The van der Waals surface area contributed by atoms with Crippen LogP contribution in [0.1, 0.15) is 31.2 Å². The molecule has 0 unspecified atom stereocenters. The quantitative estimate of drug-likeness (QED) is 0.897. The fourth-order valence-electron chi connectivity index (χ4n) is 3.75. The van der Waals surface area contributed by atoms with E-state index in [0.29, 0.717) is 12.6 Å². The Balaban J connectivity index is 1.36. The highest BCUT2D eigenvalue weighted by Crippen LogP contribution is 2.28. The van der Waals surface area contributed by atoms with Gasteiger partial charge in [0.2, 0.25) is 5.91 Å². The van der Waals surface area contributed by atoms with Crippen molar-refractivity contribution in [3.05, 3.63) is 54.1 Å². The third-order valence-electron chi connectivity index (χ3n) is 5.07. The second-order valence-corrected chi connectivity index (χ2v) is 6.83. The molecule has 130 valence electrons. The second kappa shape index (κ2) is 7.18. The van der Waals surface area contributed by atoms with E-state index in [0.717, 1.165) is 42.9 Å². The normalized spacial score (nSPS) is 16.7. The van der Waals surface area contributed by atoms with Crippen molar-refractivity contribution in [2.75, 3.05) is 23.3 Å². The maximum Gasteiger partial charge on any atom is 0.246 e. The summed E-state index contributed by atoms with van der Waals surface area (Å²) in [4.78, 5) is 14.5. The molecule has 2 aliphatic rings. The Bertz CT molecular complexity index is 753. The maximum absolute atomic E-state index is 12.6. The minimum absolute atomic E-state index is 0.104. The number of benzene rings is 2. The fraction of sp³-hybridized carbons (Fsp3) is 0.381. The van der Waals surface area contributed by atoms with Gasteiger partial charge in [-0.2, -0.15) is 0 Å². The van der Waals surface area contributed by atoms with Gasteiger partial charge in [-0.15, -0.1) is 0 Å². The van der Waals surface area contributed by atoms with Crippen LogP contribution in [0.4, 0.5) is 11.4 Å². The van der Waals surface area contributed by atoms with Crippen LogP contribution in [0.25, 0.3) is 0 Å². The molecule has 4 heteroatoms. The molecule has 0 saturated heterocycles. The Kier molecular flexibility index (Phi) is 4.59. The van der Waals surface area contributed by atoms with Gasteiger partial charge in [-0.3, -0.25) is 4.79 Å². The van der Waals surface area contributed by atoms with Crippen molar-refractivity contribution >= 4 is 17.3 Å². The number of nitrogens with one attached hydrogen (secondary N) is 1. The monoisotopic (exact) mass is 336 g/mol. The van der Waals surface area contributed by atoms with Crippen LogP contribution in [0.3, 0.4) is 0 Å². The highest BCUT2D eigenvalue weighted by Gasteiger charge is 2.23. The van der Waals surface area contributed by atoms with Gasteiger partial charge < -0.3 is 15.0 Å². The number of rotatable bonds is 5. The van der Waals surface area contributed by atoms with Crippen LogP contribution in [0.5, 0.6) is 5.75 Å². The first-order valence-electron chi connectivity index (χ1n) is 9.18. The van der Waals surface area contributed by atoms with Gasteiger partial charge in [0.1, 0.15) is 5.75 Å². The maximum atomic E-state index is 12.6. The number of nitrogens with zero attached hydrogens (tertiary/aromatic N) is 1. The van der Waals surface area contributed by atoms with Crippen LogP contribution in [-0.2, 0) is 11.2 Å². The lowest BCUT2D eigenvalue weighted by Gasteiger charge is -2.18. The Morgan fingerprint density at radius 1 is 1.12 bits per heavy atom. The molecule has 1 N–H and O–H groups in total. The molecular formula is C21H24N2O2. The Labute approximate surface area is 148 Å². The summed E-state index contributed by atoms with van der Waals surface area (Å²) in [5.74, 6) is 0.989. The van der Waals surface area contributed by atoms with Crippen LogP contribution < -0.4 is 15.0 Å². The Morgan fingerprint density at radius 3 is 2.84 bits per heavy atom. The van der Waals surface area contributed by atoms with Gasteiger partial charge in [0.05, 0.1) is 12.6 Å². The highest BCUT2D eigenvalue weighted by molar-refractivity contribution is 5.98. The molecule has 0 atom stereocenters. The Hall–Kier alpha value is -2.49. The topological polar surface area (TPSA) is 41.6 Å². The predicted molar refractivity (Wildman–Crippen MR) is 100 cm³/mol. The number of para-hydroxylation sites is 1. The molecule has 25 heavy (non-hydrogen) atoms. The van der Waals surface area contributed by atoms with E-state index < -0.39 is 0 Å². The molecule has 1 aliphatic heterocycles. The summed E-state index contributed by atoms with van der Waals surface area (Å²) in [5.41, 5.74) is 3.23. The molecule has 1 amide bonds. The molecule has 1 aliphatic carbocycles. The average Bonchev–Trinajstić information content (AvgIpc) is 3.29. The first kappa shape index (κ1) is 16.0. The van der Waals surface area contributed by atoms with Crippen LogP contribution in [0.15, 0.2) is 48.5 Å². The number of hydrogen-bond donors (Lipinski definition) is 1. The summed E-state index contributed by atoms with van der Waals surface area (Å²) in [7, 11) is 0. The standard InChI is InChI=1S/C21H24N2O2/c24-21(23-13-12-16-6-1-4-11-20(16)23)15-22-17-7-5-10-19(14-17)25-18-8-2-3-9-18/h1,4-7,10-11,14,18,22H,2-3,8-9,12-13,15H2. The van der Waals surface area contributed by atoms with Gasteiger partial charge in [-0.25, -0.2) is 0 Å². The van der Waals surface area contributed by atoms with E-state index in [-0.39, 0.29) is 5.91 Å². The largest absolute Gasteiger partial charge is 0.490 e. The van der Waals surface area contributed by atoms with Gasteiger partial charge in [0, 0.05) is 24.0 Å². The summed E-state index contributed by atoms with van der Waals surface area (Å²) in [6, 6.07) is 16.1. The zero-order valence-electron chi connectivity index (χ0n) is 14.4. The van der Waals surface area contributed by atoms with Crippen LogP contribution in [0.2, 0.25) is 0 Å². The lowest BCUT2D eigenvalue weighted by Crippen LogP contribution is -2.34. The molecule has 0 radical (unpaired) electrons. The Morgan fingerprint density at radius 2 is 1.96 bits per heavy atom. The van der Waals surface area contributed by atoms with Gasteiger partial charge in [0.15, 0.2) is 0 Å². The van der Waals surface area contributed by atoms with Crippen molar-refractivity contribution in [3.8, 4) is 5.75 Å². The third kappa shape index (κ3) is 3.63. The van der Waals surface area contributed by atoms with E-state index in [1.807, 2.05) is 47.4 Å². The van der Waals surface area contributed by atoms with E-state index >= 15 is 0 Å². The lowest BCUT2D eigenvalue weighted by molar-refractivity contribution is -0.116. The zero-order chi connectivity index (χ0) is 17.1. The number of amides is 1. The molecule has 1 heterocycles. The van der Waals surface area contributed by atoms with Gasteiger partial charge in [-0.05, 0) is 55.9 Å². The summed E-state index contributed by atoms with van der Waals surface area (Å²) in [6.45, 7) is 1.06. The molecule has 2 aromatic rings. The van der Waals surface area contributed by atoms with Gasteiger partial charge >= 0.3 is 0 Å². The van der Waals surface area contributed by atoms with Crippen molar-refractivity contribution < 1.29 is 9.53 Å². The van der Waals surface area contributed by atoms with Gasteiger partial charge in [0.25, 0.3) is 0 Å². The average molecular weight is 336 g/mol.